The predicted octanol–water partition coefficient (Wildman–Crippen LogP) is 5.12. The summed E-state index contributed by atoms with van der Waals surface area (Å²) in [5, 5.41) is 4.21. The van der Waals surface area contributed by atoms with Crippen molar-refractivity contribution in [1.82, 2.24) is 9.88 Å². The Bertz CT molecular complexity index is 684. The number of fused-ring (bicyclic) bond motifs is 1. The van der Waals surface area contributed by atoms with Gasteiger partial charge in [-0.3, -0.25) is 4.79 Å². The van der Waals surface area contributed by atoms with Crippen molar-refractivity contribution in [3.05, 3.63) is 34.4 Å². The standard InChI is InChI=1S/C19H25BrN2O/c1-2-22-13-17(16-10-9-15(20)11-18(16)22)19(23)21-12-14-7-5-3-4-6-8-14/h9-11,13-14H,2-8,12H2,1H3,(H,21,23). The number of hydrogen-bond acceptors (Lipinski definition) is 1. The van der Waals surface area contributed by atoms with Crippen LogP contribution in [0.1, 0.15) is 55.8 Å². The molecule has 1 heterocycles. The molecule has 1 aromatic heterocycles. The van der Waals surface area contributed by atoms with E-state index < -0.39 is 0 Å². The zero-order valence-electron chi connectivity index (χ0n) is 13.8. The zero-order valence-corrected chi connectivity index (χ0v) is 15.4. The lowest BCUT2D eigenvalue weighted by molar-refractivity contribution is 0.0947. The molecule has 1 fully saturated rings. The Morgan fingerprint density at radius 3 is 2.70 bits per heavy atom. The first kappa shape index (κ1) is 16.6. The second-order valence-corrected chi connectivity index (χ2v) is 7.47. The van der Waals surface area contributed by atoms with Gasteiger partial charge in [-0.15, -0.1) is 0 Å². The fourth-order valence-electron chi connectivity index (χ4n) is 3.61. The average molecular weight is 377 g/mol. The topological polar surface area (TPSA) is 34.0 Å². The Morgan fingerprint density at radius 2 is 2.00 bits per heavy atom. The van der Waals surface area contributed by atoms with E-state index in [1.54, 1.807) is 0 Å². The number of carbonyl (C=O) groups is 1. The van der Waals surface area contributed by atoms with Gasteiger partial charge >= 0.3 is 0 Å². The number of carbonyl (C=O) groups excluding carboxylic acids is 1. The molecule has 124 valence electrons. The van der Waals surface area contributed by atoms with E-state index in [9.17, 15) is 4.79 Å². The summed E-state index contributed by atoms with van der Waals surface area (Å²) in [6.07, 6.45) is 9.81. The predicted molar refractivity (Wildman–Crippen MR) is 98.8 cm³/mol. The van der Waals surface area contributed by atoms with Crippen LogP contribution in [0.15, 0.2) is 28.9 Å². The highest BCUT2D eigenvalue weighted by Crippen LogP contribution is 2.26. The molecular weight excluding hydrogens is 352 g/mol. The van der Waals surface area contributed by atoms with Crippen LogP contribution in [-0.4, -0.2) is 17.0 Å². The van der Waals surface area contributed by atoms with E-state index in [1.165, 1.54) is 38.5 Å². The molecule has 1 saturated carbocycles. The van der Waals surface area contributed by atoms with Crippen LogP contribution in [0.2, 0.25) is 0 Å². The van der Waals surface area contributed by atoms with Crippen molar-refractivity contribution in [1.29, 1.82) is 0 Å². The monoisotopic (exact) mass is 376 g/mol. The summed E-state index contributed by atoms with van der Waals surface area (Å²) in [5.74, 6) is 0.712. The minimum atomic E-state index is 0.0637. The quantitative estimate of drug-likeness (QED) is 0.737. The molecule has 2 aromatic rings. The van der Waals surface area contributed by atoms with Crippen LogP contribution < -0.4 is 5.32 Å². The number of nitrogens with zero attached hydrogens (tertiary/aromatic N) is 1. The Balaban J connectivity index is 1.75. The SMILES string of the molecule is CCn1cc(C(=O)NCC2CCCCCC2)c2ccc(Br)cc21. The highest BCUT2D eigenvalue weighted by atomic mass is 79.9. The van der Waals surface area contributed by atoms with Crippen LogP contribution in [0.5, 0.6) is 0 Å². The Morgan fingerprint density at radius 1 is 1.26 bits per heavy atom. The smallest absolute Gasteiger partial charge is 0.253 e. The highest BCUT2D eigenvalue weighted by Gasteiger charge is 2.17. The van der Waals surface area contributed by atoms with Gasteiger partial charge in [0, 0.05) is 34.7 Å². The molecular formula is C19H25BrN2O. The molecule has 0 spiro atoms. The molecule has 3 rings (SSSR count). The second kappa shape index (κ2) is 7.52. The third kappa shape index (κ3) is 3.79. The second-order valence-electron chi connectivity index (χ2n) is 6.56. The number of halogens is 1. The number of hydrogen-bond donors (Lipinski definition) is 1. The molecule has 4 heteroatoms. The highest BCUT2D eigenvalue weighted by molar-refractivity contribution is 9.10. The number of nitrogens with one attached hydrogen (secondary N) is 1. The average Bonchev–Trinajstić information content (AvgIpc) is 2.72. The van der Waals surface area contributed by atoms with Gasteiger partial charge in [0.1, 0.15) is 0 Å². The molecule has 3 nitrogen and oxygen atoms in total. The van der Waals surface area contributed by atoms with Gasteiger partial charge in [-0.05, 0) is 37.8 Å². The van der Waals surface area contributed by atoms with Crippen molar-refractivity contribution in [2.75, 3.05) is 6.54 Å². The molecule has 0 saturated heterocycles. The van der Waals surface area contributed by atoms with Crippen LogP contribution in [-0.2, 0) is 6.54 Å². The zero-order chi connectivity index (χ0) is 16.2. The maximum Gasteiger partial charge on any atom is 0.253 e. The van der Waals surface area contributed by atoms with Gasteiger partial charge in [0.2, 0.25) is 0 Å². The van der Waals surface area contributed by atoms with E-state index >= 15 is 0 Å². The molecule has 0 aliphatic heterocycles. The first-order valence-electron chi connectivity index (χ1n) is 8.75. The third-order valence-electron chi connectivity index (χ3n) is 4.96. The molecule has 1 aliphatic rings. The number of aromatic nitrogens is 1. The van der Waals surface area contributed by atoms with Gasteiger partial charge in [-0.2, -0.15) is 0 Å². The first-order chi connectivity index (χ1) is 11.2. The summed E-state index contributed by atoms with van der Waals surface area (Å²) in [4.78, 5) is 12.7. The van der Waals surface area contributed by atoms with E-state index in [0.717, 1.165) is 34.0 Å². The summed E-state index contributed by atoms with van der Waals surface area (Å²) in [6, 6.07) is 6.12. The maximum absolute atomic E-state index is 12.7. The third-order valence-corrected chi connectivity index (χ3v) is 5.45. The van der Waals surface area contributed by atoms with E-state index in [2.05, 4.69) is 38.8 Å². The lowest BCUT2D eigenvalue weighted by Crippen LogP contribution is -2.29. The molecule has 0 atom stereocenters. The summed E-state index contributed by atoms with van der Waals surface area (Å²) in [6.45, 7) is 3.78. The number of amides is 1. The normalized spacial score (nSPS) is 16.4. The molecule has 0 bridgehead atoms. The number of benzene rings is 1. The summed E-state index contributed by atoms with van der Waals surface area (Å²) in [7, 11) is 0. The van der Waals surface area contributed by atoms with Crippen molar-refractivity contribution in [2.24, 2.45) is 5.92 Å². The minimum absolute atomic E-state index is 0.0637. The van der Waals surface area contributed by atoms with Gasteiger partial charge in [0.15, 0.2) is 0 Å². The summed E-state index contributed by atoms with van der Waals surface area (Å²) < 4.78 is 3.18. The summed E-state index contributed by atoms with van der Waals surface area (Å²) in [5.41, 5.74) is 1.91. The minimum Gasteiger partial charge on any atom is -0.352 e. The maximum atomic E-state index is 12.7. The first-order valence-corrected chi connectivity index (χ1v) is 9.55. The molecule has 1 aliphatic carbocycles. The van der Waals surface area contributed by atoms with E-state index in [4.69, 9.17) is 0 Å². The van der Waals surface area contributed by atoms with Gasteiger partial charge < -0.3 is 9.88 Å². The lowest BCUT2D eigenvalue weighted by atomic mass is 10.0. The Labute approximate surface area is 146 Å². The van der Waals surface area contributed by atoms with Crippen LogP contribution in [0.4, 0.5) is 0 Å². The summed E-state index contributed by atoms with van der Waals surface area (Å²) >= 11 is 3.52. The van der Waals surface area contributed by atoms with Crippen molar-refractivity contribution in [2.45, 2.75) is 52.0 Å². The molecule has 23 heavy (non-hydrogen) atoms. The van der Waals surface area contributed by atoms with Gasteiger partial charge in [0.05, 0.1) is 5.56 Å². The largest absolute Gasteiger partial charge is 0.352 e. The van der Waals surface area contributed by atoms with Gasteiger partial charge in [-0.25, -0.2) is 0 Å². The van der Waals surface area contributed by atoms with Crippen molar-refractivity contribution in [3.8, 4) is 0 Å². The van der Waals surface area contributed by atoms with Gasteiger partial charge in [0.25, 0.3) is 5.91 Å². The molecule has 0 radical (unpaired) electrons. The number of rotatable bonds is 4. The molecule has 1 aromatic carbocycles. The van der Waals surface area contributed by atoms with Gasteiger partial charge in [-0.1, -0.05) is 47.7 Å². The van der Waals surface area contributed by atoms with Crippen LogP contribution in [0.3, 0.4) is 0 Å². The molecule has 1 N–H and O–H groups in total. The fraction of sp³-hybridized carbons (Fsp3) is 0.526. The van der Waals surface area contributed by atoms with E-state index in [-0.39, 0.29) is 5.91 Å². The van der Waals surface area contributed by atoms with Crippen molar-refractivity contribution in [3.63, 3.8) is 0 Å². The van der Waals surface area contributed by atoms with E-state index in [1.807, 2.05) is 18.3 Å². The number of aryl methyl sites for hydroxylation is 1. The van der Waals surface area contributed by atoms with Crippen LogP contribution in [0, 0.1) is 5.92 Å². The van der Waals surface area contributed by atoms with Crippen LogP contribution in [0.25, 0.3) is 10.9 Å². The van der Waals surface area contributed by atoms with Crippen LogP contribution >= 0.6 is 15.9 Å². The Hall–Kier alpha value is -1.29. The van der Waals surface area contributed by atoms with Crippen molar-refractivity contribution < 1.29 is 4.79 Å². The fourth-order valence-corrected chi connectivity index (χ4v) is 3.96. The van der Waals surface area contributed by atoms with E-state index in [0.29, 0.717) is 5.92 Å². The molecule has 0 unspecified atom stereocenters. The molecule has 1 amide bonds. The van der Waals surface area contributed by atoms with Crippen molar-refractivity contribution >= 4 is 32.7 Å². The Kier molecular flexibility index (Phi) is 5.42. The lowest BCUT2D eigenvalue weighted by Gasteiger charge is -2.14.